The van der Waals surface area contributed by atoms with Gasteiger partial charge in [-0.05, 0) is 49.1 Å². The molecule has 0 bridgehead atoms. The van der Waals surface area contributed by atoms with E-state index in [4.69, 9.17) is 11.3 Å². The van der Waals surface area contributed by atoms with Crippen molar-refractivity contribution in [2.45, 2.75) is 24.9 Å². The summed E-state index contributed by atoms with van der Waals surface area (Å²) in [7, 11) is 1.36. The van der Waals surface area contributed by atoms with Gasteiger partial charge in [0.2, 0.25) is 0 Å². The van der Waals surface area contributed by atoms with E-state index in [1.807, 2.05) is 36.4 Å². The molecule has 6 nitrogen and oxygen atoms in total. The van der Waals surface area contributed by atoms with Crippen LogP contribution in [0.5, 0.6) is 0 Å². The molecule has 0 unspecified atom stereocenters. The molecule has 1 saturated heterocycles. The van der Waals surface area contributed by atoms with E-state index >= 15 is 0 Å². The molecule has 2 aromatic carbocycles. The number of rotatable bonds is 7. The standard InChI is InChI=1S/C23H27N3O3/c1-24-20-7-3-18(4-8-20)11-14-26-15-12-23(28,13-16-26)17-25-21-9-5-19(6-10-21)22(27)29-2/h3-10,25,28H,11-17H2,2H3. The topological polar surface area (TPSA) is 66.2 Å². The Kier molecular flexibility index (Phi) is 6.86. The molecule has 1 aliphatic rings. The number of hydrogen-bond acceptors (Lipinski definition) is 5. The second-order valence-electron chi connectivity index (χ2n) is 7.52. The maximum atomic E-state index is 11.5. The first-order valence-electron chi connectivity index (χ1n) is 9.85. The van der Waals surface area contributed by atoms with Gasteiger partial charge >= 0.3 is 5.97 Å². The highest BCUT2D eigenvalue weighted by Crippen LogP contribution is 2.24. The largest absolute Gasteiger partial charge is 0.465 e. The van der Waals surface area contributed by atoms with Crippen molar-refractivity contribution in [3.8, 4) is 0 Å². The van der Waals surface area contributed by atoms with Gasteiger partial charge in [0.25, 0.3) is 0 Å². The Balaban J connectivity index is 1.42. The van der Waals surface area contributed by atoms with Gasteiger partial charge in [-0.1, -0.05) is 24.3 Å². The molecule has 0 spiro atoms. The van der Waals surface area contributed by atoms with Gasteiger partial charge in [-0.3, -0.25) is 0 Å². The van der Waals surface area contributed by atoms with Gasteiger partial charge in [0.1, 0.15) is 0 Å². The summed E-state index contributed by atoms with van der Waals surface area (Å²) in [4.78, 5) is 17.3. The molecule has 0 saturated carbocycles. The van der Waals surface area contributed by atoms with Crippen molar-refractivity contribution in [1.29, 1.82) is 0 Å². The molecule has 2 aromatic rings. The van der Waals surface area contributed by atoms with Crippen LogP contribution >= 0.6 is 0 Å². The highest BCUT2D eigenvalue weighted by Gasteiger charge is 2.31. The molecular weight excluding hydrogens is 366 g/mol. The van der Waals surface area contributed by atoms with Crippen molar-refractivity contribution in [2.75, 3.05) is 38.6 Å². The van der Waals surface area contributed by atoms with Gasteiger partial charge < -0.3 is 20.1 Å². The lowest BCUT2D eigenvalue weighted by Gasteiger charge is -2.38. The zero-order valence-corrected chi connectivity index (χ0v) is 16.7. The first kappa shape index (κ1) is 20.8. The lowest BCUT2D eigenvalue weighted by Crippen LogP contribution is -2.48. The summed E-state index contributed by atoms with van der Waals surface area (Å²) in [6.07, 6.45) is 2.38. The molecule has 29 heavy (non-hydrogen) atoms. The number of benzene rings is 2. The normalized spacial score (nSPS) is 16.0. The van der Waals surface area contributed by atoms with Gasteiger partial charge in [0, 0.05) is 31.9 Å². The summed E-state index contributed by atoms with van der Waals surface area (Å²) in [6, 6.07) is 14.8. The van der Waals surface area contributed by atoms with Crippen molar-refractivity contribution < 1.29 is 14.6 Å². The number of esters is 1. The molecule has 1 aliphatic heterocycles. The smallest absolute Gasteiger partial charge is 0.337 e. The van der Waals surface area contributed by atoms with Gasteiger partial charge in [-0.25, -0.2) is 9.64 Å². The van der Waals surface area contributed by atoms with Crippen molar-refractivity contribution in [3.05, 3.63) is 71.1 Å². The van der Waals surface area contributed by atoms with Crippen LogP contribution in [0.1, 0.15) is 28.8 Å². The van der Waals surface area contributed by atoms with E-state index in [1.165, 1.54) is 12.7 Å². The van der Waals surface area contributed by atoms with E-state index < -0.39 is 5.60 Å². The highest BCUT2D eigenvalue weighted by atomic mass is 16.5. The maximum absolute atomic E-state index is 11.5. The predicted octanol–water partition coefficient (Wildman–Crippen LogP) is 3.51. The molecule has 0 amide bonds. The summed E-state index contributed by atoms with van der Waals surface area (Å²) >= 11 is 0. The minimum absolute atomic E-state index is 0.357. The molecule has 0 atom stereocenters. The van der Waals surface area contributed by atoms with Gasteiger partial charge in [-0.2, -0.15) is 0 Å². The van der Waals surface area contributed by atoms with E-state index in [2.05, 4.69) is 15.1 Å². The lowest BCUT2D eigenvalue weighted by atomic mass is 9.91. The molecule has 0 aliphatic carbocycles. The van der Waals surface area contributed by atoms with Crippen molar-refractivity contribution >= 4 is 17.3 Å². The lowest BCUT2D eigenvalue weighted by molar-refractivity contribution is -0.00971. The number of nitrogens with one attached hydrogen (secondary N) is 1. The Morgan fingerprint density at radius 2 is 1.83 bits per heavy atom. The van der Waals surface area contributed by atoms with Crippen LogP contribution < -0.4 is 5.32 Å². The molecule has 0 aromatic heterocycles. The molecular formula is C23H27N3O3. The number of piperidine rings is 1. The fraction of sp³-hybridized carbons (Fsp3) is 0.391. The van der Waals surface area contributed by atoms with E-state index in [-0.39, 0.29) is 5.97 Å². The van der Waals surface area contributed by atoms with Gasteiger partial charge in [-0.15, -0.1) is 0 Å². The van der Waals surface area contributed by atoms with Crippen LogP contribution in [0.25, 0.3) is 4.85 Å². The fourth-order valence-electron chi connectivity index (χ4n) is 3.50. The average Bonchev–Trinajstić information content (AvgIpc) is 2.77. The fourth-order valence-corrected chi connectivity index (χ4v) is 3.50. The van der Waals surface area contributed by atoms with Crippen LogP contribution in [0.2, 0.25) is 0 Å². The first-order valence-corrected chi connectivity index (χ1v) is 9.85. The number of carbonyl (C=O) groups is 1. The zero-order chi connectivity index (χ0) is 20.7. The van der Waals surface area contributed by atoms with Crippen LogP contribution in [-0.2, 0) is 11.2 Å². The van der Waals surface area contributed by atoms with Crippen LogP contribution in [0.4, 0.5) is 11.4 Å². The van der Waals surface area contributed by atoms with Crippen molar-refractivity contribution in [2.24, 2.45) is 0 Å². The Morgan fingerprint density at radius 1 is 1.17 bits per heavy atom. The predicted molar refractivity (Wildman–Crippen MR) is 113 cm³/mol. The van der Waals surface area contributed by atoms with Gasteiger partial charge in [0.05, 0.1) is 24.8 Å². The van der Waals surface area contributed by atoms with E-state index in [0.29, 0.717) is 17.8 Å². The molecule has 1 fully saturated rings. The molecule has 152 valence electrons. The summed E-state index contributed by atoms with van der Waals surface area (Å²) in [6.45, 7) is 10.2. The number of likely N-dealkylation sites (tertiary alicyclic amines) is 1. The number of hydrogen-bond donors (Lipinski definition) is 2. The summed E-state index contributed by atoms with van der Waals surface area (Å²) in [5, 5.41) is 14.2. The molecule has 0 radical (unpaired) electrons. The van der Waals surface area contributed by atoms with E-state index in [0.717, 1.165) is 44.6 Å². The monoisotopic (exact) mass is 393 g/mol. The third-order valence-corrected chi connectivity index (χ3v) is 5.50. The summed E-state index contributed by atoms with van der Waals surface area (Å²) in [5.74, 6) is -0.357. The third-order valence-electron chi connectivity index (χ3n) is 5.50. The Labute approximate surface area is 171 Å². The quantitative estimate of drug-likeness (QED) is 0.557. The van der Waals surface area contributed by atoms with Crippen LogP contribution in [0.3, 0.4) is 0 Å². The Hall–Kier alpha value is -2.88. The first-order chi connectivity index (χ1) is 14.0. The minimum atomic E-state index is -0.727. The van der Waals surface area contributed by atoms with E-state index in [1.54, 1.807) is 12.1 Å². The number of ether oxygens (including phenoxy) is 1. The summed E-state index contributed by atoms with van der Waals surface area (Å²) in [5.41, 5.74) is 2.55. The second kappa shape index (κ2) is 9.55. The number of methoxy groups -OCH3 is 1. The van der Waals surface area contributed by atoms with Crippen LogP contribution in [-0.4, -0.2) is 54.9 Å². The molecule has 1 heterocycles. The molecule has 2 N–H and O–H groups in total. The van der Waals surface area contributed by atoms with Crippen molar-refractivity contribution in [1.82, 2.24) is 4.90 Å². The molecule has 3 rings (SSSR count). The number of nitrogens with zero attached hydrogens (tertiary/aromatic N) is 2. The Morgan fingerprint density at radius 3 is 2.41 bits per heavy atom. The third kappa shape index (κ3) is 5.80. The Bertz CT molecular complexity index is 848. The summed E-state index contributed by atoms with van der Waals surface area (Å²) < 4.78 is 4.70. The molecule has 6 heteroatoms. The maximum Gasteiger partial charge on any atom is 0.337 e. The van der Waals surface area contributed by atoms with Crippen LogP contribution in [0.15, 0.2) is 48.5 Å². The second-order valence-corrected chi connectivity index (χ2v) is 7.52. The highest BCUT2D eigenvalue weighted by molar-refractivity contribution is 5.89. The minimum Gasteiger partial charge on any atom is -0.465 e. The number of anilines is 1. The average molecular weight is 393 g/mol. The number of carbonyl (C=O) groups excluding carboxylic acids is 1. The van der Waals surface area contributed by atoms with E-state index in [9.17, 15) is 9.90 Å². The number of aliphatic hydroxyl groups is 1. The van der Waals surface area contributed by atoms with Crippen molar-refractivity contribution in [3.63, 3.8) is 0 Å². The SMILES string of the molecule is [C-]#[N+]c1ccc(CCN2CCC(O)(CNc3ccc(C(=O)OC)cc3)CC2)cc1. The van der Waals surface area contributed by atoms with Crippen LogP contribution in [0, 0.1) is 6.57 Å². The van der Waals surface area contributed by atoms with Gasteiger partial charge in [0.15, 0.2) is 5.69 Å². The zero-order valence-electron chi connectivity index (χ0n) is 16.7.